The molecule has 21 heavy (non-hydrogen) atoms. The summed E-state index contributed by atoms with van der Waals surface area (Å²) in [6, 6.07) is 6.03. The van der Waals surface area contributed by atoms with E-state index in [0.717, 1.165) is 30.2 Å². The third-order valence-electron chi connectivity index (χ3n) is 2.91. The molecule has 1 aromatic carbocycles. The van der Waals surface area contributed by atoms with Crippen LogP contribution in [-0.4, -0.2) is 33.0 Å². The number of benzene rings is 1. The van der Waals surface area contributed by atoms with Gasteiger partial charge in [0.05, 0.1) is 13.2 Å². The van der Waals surface area contributed by atoms with Crippen molar-refractivity contribution >= 4 is 0 Å². The zero-order valence-electron chi connectivity index (χ0n) is 13.8. The lowest BCUT2D eigenvalue weighted by molar-refractivity contribution is 0.108. The fourth-order valence-corrected chi connectivity index (χ4v) is 1.98. The largest absolute Gasteiger partial charge is 0.490 e. The summed E-state index contributed by atoms with van der Waals surface area (Å²) in [5.74, 6) is 2.26. The van der Waals surface area contributed by atoms with E-state index in [9.17, 15) is 0 Å². The maximum atomic E-state index is 5.89. The van der Waals surface area contributed by atoms with Crippen molar-refractivity contribution in [1.29, 1.82) is 0 Å². The van der Waals surface area contributed by atoms with Crippen LogP contribution in [0, 0.1) is 5.92 Å². The molecule has 0 amide bonds. The van der Waals surface area contributed by atoms with Gasteiger partial charge in [0.2, 0.25) is 0 Å². The van der Waals surface area contributed by atoms with Gasteiger partial charge in [-0.1, -0.05) is 26.0 Å². The smallest absolute Gasteiger partial charge is 0.165 e. The first kappa shape index (κ1) is 17.8. The topological polar surface area (TPSA) is 39.7 Å². The number of hydrogen-bond donors (Lipinski definition) is 1. The van der Waals surface area contributed by atoms with Crippen molar-refractivity contribution in [3.8, 4) is 11.5 Å². The van der Waals surface area contributed by atoms with Crippen LogP contribution in [0.15, 0.2) is 18.2 Å². The van der Waals surface area contributed by atoms with Gasteiger partial charge in [-0.05, 0) is 32.4 Å². The Balaban J connectivity index is 2.71. The third-order valence-corrected chi connectivity index (χ3v) is 2.91. The minimum atomic E-state index is 0.537. The van der Waals surface area contributed by atoms with E-state index in [1.807, 2.05) is 26.0 Å². The summed E-state index contributed by atoms with van der Waals surface area (Å²) < 4.78 is 16.9. The van der Waals surface area contributed by atoms with Crippen LogP contribution in [0.3, 0.4) is 0 Å². The van der Waals surface area contributed by atoms with Crippen molar-refractivity contribution in [2.45, 2.75) is 34.2 Å². The molecule has 120 valence electrons. The van der Waals surface area contributed by atoms with Crippen molar-refractivity contribution in [1.82, 2.24) is 5.32 Å². The van der Waals surface area contributed by atoms with Gasteiger partial charge in [0.25, 0.3) is 0 Å². The fraction of sp³-hybridized carbons (Fsp3) is 0.647. The Morgan fingerprint density at radius 1 is 1.05 bits per heavy atom. The van der Waals surface area contributed by atoms with Gasteiger partial charge in [0.15, 0.2) is 11.5 Å². The zero-order valence-corrected chi connectivity index (χ0v) is 13.8. The highest BCUT2D eigenvalue weighted by molar-refractivity contribution is 5.46. The van der Waals surface area contributed by atoms with Crippen LogP contribution < -0.4 is 14.8 Å². The van der Waals surface area contributed by atoms with E-state index < -0.39 is 0 Å². The predicted octanol–water partition coefficient (Wildman–Crippen LogP) is 3.25. The molecule has 0 aromatic heterocycles. The second kappa shape index (κ2) is 10.5. The number of para-hydroxylation sites is 1. The molecule has 0 bridgehead atoms. The van der Waals surface area contributed by atoms with Crippen LogP contribution in [0.25, 0.3) is 0 Å². The summed E-state index contributed by atoms with van der Waals surface area (Å²) in [6.07, 6.45) is 0. The molecule has 0 atom stereocenters. The molecule has 0 saturated heterocycles. The molecule has 0 fully saturated rings. The molecule has 0 aliphatic rings. The van der Waals surface area contributed by atoms with E-state index in [4.69, 9.17) is 14.2 Å². The van der Waals surface area contributed by atoms with Crippen molar-refractivity contribution in [3.05, 3.63) is 23.8 Å². The average molecular weight is 295 g/mol. The Morgan fingerprint density at radius 2 is 1.86 bits per heavy atom. The summed E-state index contributed by atoms with van der Waals surface area (Å²) in [7, 11) is 0. The Hall–Kier alpha value is -1.26. The van der Waals surface area contributed by atoms with Gasteiger partial charge in [-0.2, -0.15) is 0 Å². The Bertz CT molecular complexity index is 394. The highest BCUT2D eigenvalue weighted by atomic mass is 16.5. The molecule has 0 heterocycles. The second-order valence-corrected chi connectivity index (χ2v) is 5.25. The normalized spacial score (nSPS) is 10.9. The van der Waals surface area contributed by atoms with E-state index in [0.29, 0.717) is 32.3 Å². The Kier molecular flexibility index (Phi) is 8.87. The van der Waals surface area contributed by atoms with E-state index in [2.05, 4.69) is 25.2 Å². The summed E-state index contributed by atoms with van der Waals surface area (Å²) in [5.41, 5.74) is 1.12. The first-order chi connectivity index (χ1) is 10.2. The van der Waals surface area contributed by atoms with Crippen LogP contribution in [0.2, 0.25) is 0 Å². The van der Waals surface area contributed by atoms with Crippen LogP contribution >= 0.6 is 0 Å². The minimum Gasteiger partial charge on any atom is -0.490 e. The fourth-order valence-electron chi connectivity index (χ4n) is 1.98. The van der Waals surface area contributed by atoms with E-state index >= 15 is 0 Å². The molecule has 4 nitrogen and oxygen atoms in total. The minimum absolute atomic E-state index is 0.537. The second-order valence-electron chi connectivity index (χ2n) is 5.25. The van der Waals surface area contributed by atoms with Gasteiger partial charge in [-0.3, -0.25) is 0 Å². The molecular weight excluding hydrogens is 266 g/mol. The summed E-state index contributed by atoms with van der Waals surface area (Å²) in [6.45, 7) is 12.6. The number of nitrogens with one attached hydrogen (secondary N) is 1. The molecule has 0 radical (unpaired) electrons. The predicted molar refractivity (Wildman–Crippen MR) is 86.1 cm³/mol. The van der Waals surface area contributed by atoms with Gasteiger partial charge in [-0.15, -0.1) is 0 Å². The van der Waals surface area contributed by atoms with Crippen molar-refractivity contribution in [3.63, 3.8) is 0 Å². The van der Waals surface area contributed by atoms with Gasteiger partial charge in [-0.25, -0.2) is 0 Å². The lowest BCUT2D eigenvalue weighted by Gasteiger charge is -2.17. The average Bonchev–Trinajstić information content (AvgIpc) is 2.45. The van der Waals surface area contributed by atoms with E-state index in [1.165, 1.54) is 0 Å². The van der Waals surface area contributed by atoms with Crippen LogP contribution in [0.1, 0.15) is 33.3 Å². The SMILES string of the molecule is CCOCCOc1c(CNCC(C)C)cccc1OCC. The Labute approximate surface area is 128 Å². The summed E-state index contributed by atoms with van der Waals surface area (Å²) in [4.78, 5) is 0. The zero-order chi connectivity index (χ0) is 15.5. The molecule has 4 heteroatoms. The molecule has 0 aliphatic heterocycles. The number of hydrogen-bond acceptors (Lipinski definition) is 4. The van der Waals surface area contributed by atoms with Gasteiger partial charge in [0, 0.05) is 18.7 Å². The quantitative estimate of drug-likeness (QED) is 0.636. The van der Waals surface area contributed by atoms with Gasteiger partial charge in [0.1, 0.15) is 6.61 Å². The molecule has 0 spiro atoms. The molecule has 1 N–H and O–H groups in total. The van der Waals surface area contributed by atoms with Crippen molar-refractivity contribution in [2.24, 2.45) is 5.92 Å². The third kappa shape index (κ3) is 6.82. The van der Waals surface area contributed by atoms with Crippen LogP contribution in [-0.2, 0) is 11.3 Å². The molecular formula is C17H29NO3. The lowest BCUT2D eigenvalue weighted by Crippen LogP contribution is -2.20. The van der Waals surface area contributed by atoms with Crippen LogP contribution in [0.5, 0.6) is 11.5 Å². The maximum Gasteiger partial charge on any atom is 0.165 e. The van der Waals surface area contributed by atoms with Crippen LogP contribution in [0.4, 0.5) is 0 Å². The highest BCUT2D eigenvalue weighted by Gasteiger charge is 2.11. The standard InChI is InChI=1S/C17H29NO3/c1-5-19-10-11-21-17-15(13-18-12-14(3)4)8-7-9-16(17)20-6-2/h7-9,14,18H,5-6,10-13H2,1-4H3. The van der Waals surface area contributed by atoms with E-state index in [-0.39, 0.29) is 0 Å². The van der Waals surface area contributed by atoms with E-state index in [1.54, 1.807) is 0 Å². The molecule has 1 aromatic rings. The molecule has 0 unspecified atom stereocenters. The Morgan fingerprint density at radius 3 is 2.52 bits per heavy atom. The van der Waals surface area contributed by atoms with Crippen molar-refractivity contribution in [2.75, 3.05) is 33.0 Å². The monoisotopic (exact) mass is 295 g/mol. The molecule has 0 saturated carbocycles. The molecule has 0 aliphatic carbocycles. The first-order valence-electron chi connectivity index (χ1n) is 7.84. The maximum absolute atomic E-state index is 5.89. The summed E-state index contributed by atoms with van der Waals surface area (Å²) in [5, 5.41) is 3.45. The summed E-state index contributed by atoms with van der Waals surface area (Å²) >= 11 is 0. The lowest BCUT2D eigenvalue weighted by atomic mass is 10.1. The highest BCUT2D eigenvalue weighted by Crippen LogP contribution is 2.31. The molecule has 1 rings (SSSR count). The number of ether oxygens (including phenoxy) is 3. The van der Waals surface area contributed by atoms with Gasteiger partial charge >= 0.3 is 0 Å². The van der Waals surface area contributed by atoms with Crippen molar-refractivity contribution < 1.29 is 14.2 Å². The number of rotatable bonds is 11. The first-order valence-corrected chi connectivity index (χ1v) is 7.84. The van der Waals surface area contributed by atoms with Gasteiger partial charge < -0.3 is 19.5 Å².